The van der Waals surface area contributed by atoms with E-state index in [1.807, 2.05) is 6.07 Å². The van der Waals surface area contributed by atoms with Gasteiger partial charge in [-0.25, -0.2) is 4.39 Å². The second-order valence-electron chi connectivity index (χ2n) is 4.14. The van der Waals surface area contributed by atoms with Gasteiger partial charge in [-0.15, -0.1) is 11.6 Å². The lowest BCUT2D eigenvalue weighted by molar-refractivity contribution is 0.495. The molecule has 0 aliphatic carbocycles. The zero-order chi connectivity index (χ0) is 11.3. The third-order valence-corrected chi connectivity index (χ3v) is 3.09. The van der Waals surface area contributed by atoms with E-state index < -0.39 is 0 Å². The molecule has 0 nitrogen and oxygen atoms in total. The molecular weight excluding hydrogens is 211 g/mol. The van der Waals surface area contributed by atoms with Gasteiger partial charge in [0.2, 0.25) is 0 Å². The molecule has 2 unspecified atom stereocenters. The average Bonchev–Trinajstić information content (AvgIpc) is 2.21. The van der Waals surface area contributed by atoms with Gasteiger partial charge in [0.15, 0.2) is 0 Å². The Balaban J connectivity index is 2.51. The van der Waals surface area contributed by atoms with E-state index in [0.717, 1.165) is 18.4 Å². The molecular formula is C13H18ClF. The second-order valence-corrected chi connectivity index (χ2v) is 4.76. The summed E-state index contributed by atoms with van der Waals surface area (Å²) in [6, 6.07) is 6.85. The molecule has 2 heteroatoms. The minimum atomic E-state index is -0.146. The van der Waals surface area contributed by atoms with Crippen molar-refractivity contribution in [2.24, 2.45) is 5.92 Å². The van der Waals surface area contributed by atoms with Crippen molar-refractivity contribution in [3.63, 3.8) is 0 Å². The lowest BCUT2D eigenvalue weighted by atomic mass is 9.98. The molecule has 0 aromatic heterocycles. The average molecular weight is 229 g/mol. The smallest absolute Gasteiger partial charge is 0.126 e. The number of hydrogen-bond acceptors (Lipinski definition) is 0. The monoisotopic (exact) mass is 228 g/mol. The van der Waals surface area contributed by atoms with Crippen LogP contribution in [0, 0.1) is 11.7 Å². The molecule has 0 fully saturated rings. The second kappa shape index (κ2) is 6.12. The van der Waals surface area contributed by atoms with Gasteiger partial charge in [-0.1, -0.05) is 38.5 Å². The molecule has 1 aromatic rings. The Morgan fingerprint density at radius 2 is 2.00 bits per heavy atom. The molecule has 2 atom stereocenters. The molecule has 1 aromatic carbocycles. The van der Waals surface area contributed by atoms with Crippen LogP contribution in [0.25, 0.3) is 0 Å². The summed E-state index contributed by atoms with van der Waals surface area (Å²) in [6.07, 6.45) is 2.70. The van der Waals surface area contributed by atoms with Crippen molar-refractivity contribution in [1.82, 2.24) is 0 Å². The van der Waals surface area contributed by atoms with Gasteiger partial charge in [0.1, 0.15) is 5.82 Å². The summed E-state index contributed by atoms with van der Waals surface area (Å²) in [6.45, 7) is 4.33. The first-order valence-corrected chi connectivity index (χ1v) is 5.94. The van der Waals surface area contributed by atoms with E-state index in [9.17, 15) is 4.39 Å². The summed E-state index contributed by atoms with van der Waals surface area (Å²) < 4.78 is 13.3. The van der Waals surface area contributed by atoms with E-state index >= 15 is 0 Å². The maximum Gasteiger partial charge on any atom is 0.126 e. The molecule has 0 saturated heterocycles. The fourth-order valence-electron chi connectivity index (χ4n) is 1.59. The summed E-state index contributed by atoms with van der Waals surface area (Å²) in [5, 5.41) is 0.0388. The molecule has 0 amide bonds. The Hall–Kier alpha value is -0.560. The van der Waals surface area contributed by atoms with Crippen molar-refractivity contribution in [3.8, 4) is 0 Å². The van der Waals surface area contributed by atoms with Crippen LogP contribution in [0.1, 0.15) is 32.3 Å². The topological polar surface area (TPSA) is 0 Å². The van der Waals surface area contributed by atoms with Crippen LogP contribution in [0.15, 0.2) is 24.3 Å². The molecule has 84 valence electrons. The number of hydrogen-bond donors (Lipinski definition) is 0. The van der Waals surface area contributed by atoms with Gasteiger partial charge in [-0.3, -0.25) is 0 Å². The fraction of sp³-hybridized carbons (Fsp3) is 0.538. The zero-order valence-corrected chi connectivity index (χ0v) is 10.1. The maximum atomic E-state index is 13.3. The minimum Gasteiger partial charge on any atom is -0.207 e. The normalized spacial score (nSPS) is 14.9. The summed E-state index contributed by atoms with van der Waals surface area (Å²) in [5.74, 6) is 0.464. The molecule has 0 aliphatic rings. The third kappa shape index (κ3) is 4.21. The molecule has 0 radical (unpaired) electrons. The Kier molecular flexibility index (Phi) is 5.10. The van der Waals surface area contributed by atoms with Gasteiger partial charge >= 0.3 is 0 Å². The maximum absolute atomic E-state index is 13.3. The van der Waals surface area contributed by atoms with Crippen LogP contribution in [0.2, 0.25) is 0 Å². The molecule has 15 heavy (non-hydrogen) atoms. The van der Waals surface area contributed by atoms with E-state index in [2.05, 4.69) is 13.8 Å². The van der Waals surface area contributed by atoms with Crippen LogP contribution < -0.4 is 0 Å². The summed E-state index contributed by atoms with van der Waals surface area (Å²) in [7, 11) is 0. The highest BCUT2D eigenvalue weighted by molar-refractivity contribution is 6.20. The molecule has 1 rings (SSSR count). The molecule has 0 spiro atoms. The largest absolute Gasteiger partial charge is 0.207 e. The Morgan fingerprint density at radius 1 is 1.33 bits per heavy atom. The van der Waals surface area contributed by atoms with E-state index in [-0.39, 0.29) is 11.2 Å². The van der Waals surface area contributed by atoms with Crippen molar-refractivity contribution in [1.29, 1.82) is 0 Å². The lowest BCUT2D eigenvalue weighted by Gasteiger charge is -2.14. The van der Waals surface area contributed by atoms with E-state index in [1.54, 1.807) is 12.1 Å². The highest BCUT2D eigenvalue weighted by Gasteiger charge is 2.12. The summed E-state index contributed by atoms with van der Waals surface area (Å²) >= 11 is 6.19. The van der Waals surface area contributed by atoms with Crippen molar-refractivity contribution in [3.05, 3.63) is 35.6 Å². The minimum absolute atomic E-state index is 0.0388. The number of alkyl halides is 1. The van der Waals surface area contributed by atoms with Crippen molar-refractivity contribution >= 4 is 11.6 Å². The van der Waals surface area contributed by atoms with Gasteiger partial charge in [0.05, 0.1) is 0 Å². The van der Waals surface area contributed by atoms with Crippen LogP contribution in [-0.4, -0.2) is 5.38 Å². The molecule has 0 saturated carbocycles. The molecule has 0 heterocycles. The Bertz CT molecular complexity index is 298. The van der Waals surface area contributed by atoms with Crippen molar-refractivity contribution in [2.75, 3.05) is 0 Å². The standard InChI is InChI=1S/C13H18ClF/c1-3-10(2)8-12(14)9-11-6-4-5-7-13(11)15/h4-7,10,12H,3,8-9H2,1-2H3. The van der Waals surface area contributed by atoms with Crippen LogP contribution >= 0.6 is 11.6 Å². The van der Waals surface area contributed by atoms with Crippen molar-refractivity contribution < 1.29 is 4.39 Å². The van der Waals surface area contributed by atoms with Gasteiger partial charge in [-0.2, -0.15) is 0 Å². The van der Waals surface area contributed by atoms with Gasteiger partial charge in [-0.05, 0) is 30.4 Å². The van der Waals surface area contributed by atoms with Crippen LogP contribution in [0.3, 0.4) is 0 Å². The van der Waals surface area contributed by atoms with Crippen LogP contribution in [0.5, 0.6) is 0 Å². The third-order valence-electron chi connectivity index (χ3n) is 2.75. The lowest BCUT2D eigenvalue weighted by Crippen LogP contribution is -2.09. The number of benzene rings is 1. The number of rotatable bonds is 5. The van der Waals surface area contributed by atoms with Gasteiger partial charge in [0, 0.05) is 5.38 Å². The van der Waals surface area contributed by atoms with Gasteiger partial charge < -0.3 is 0 Å². The van der Waals surface area contributed by atoms with Gasteiger partial charge in [0.25, 0.3) is 0 Å². The Morgan fingerprint density at radius 3 is 2.60 bits per heavy atom. The molecule has 0 aliphatic heterocycles. The fourth-order valence-corrected chi connectivity index (χ4v) is 2.06. The highest BCUT2D eigenvalue weighted by atomic mass is 35.5. The highest BCUT2D eigenvalue weighted by Crippen LogP contribution is 2.19. The Labute approximate surface area is 96.5 Å². The molecule has 0 bridgehead atoms. The predicted molar refractivity (Wildman–Crippen MR) is 63.8 cm³/mol. The van der Waals surface area contributed by atoms with E-state index in [1.165, 1.54) is 6.07 Å². The first kappa shape index (κ1) is 12.5. The SMILES string of the molecule is CCC(C)CC(Cl)Cc1ccccc1F. The quantitative estimate of drug-likeness (QED) is 0.655. The number of halogens is 2. The zero-order valence-electron chi connectivity index (χ0n) is 9.34. The first-order valence-electron chi connectivity index (χ1n) is 5.51. The van der Waals surface area contributed by atoms with Crippen LogP contribution in [-0.2, 0) is 6.42 Å². The summed E-state index contributed by atoms with van der Waals surface area (Å²) in [4.78, 5) is 0. The first-order chi connectivity index (χ1) is 7.13. The summed E-state index contributed by atoms with van der Waals surface area (Å²) in [5.41, 5.74) is 0.723. The van der Waals surface area contributed by atoms with Crippen molar-refractivity contribution in [2.45, 2.75) is 38.5 Å². The van der Waals surface area contributed by atoms with E-state index in [4.69, 9.17) is 11.6 Å². The predicted octanol–water partition coefficient (Wildman–Crippen LogP) is 4.41. The van der Waals surface area contributed by atoms with Crippen LogP contribution in [0.4, 0.5) is 4.39 Å². The van der Waals surface area contributed by atoms with E-state index in [0.29, 0.717) is 12.3 Å². The molecule has 0 N–H and O–H groups in total.